The number of urea groups is 1. The first-order chi connectivity index (χ1) is 12.6. The van der Waals surface area contributed by atoms with Gasteiger partial charge in [-0.3, -0.25) is 4.90 Å². The Labute approximate surface area is 152 Å². The Morgan fingerprint density at radius 3 is 2.54 bits per heavy atom. The highest BCUT2D eigenvalue weighted by molar-refractivity contribution is 5.95. The standard InChI is InChI=1S/C18H23N3O5/c1-24-13-5-3-12(4-6-13)16-15(17(22)25-2)14(19-18(23)20-16)11-21-7-9-26-10-8-21/h3-6,16H,7-11H2,1-2H3,(H2,19,20,23). The molecule has 3 rings (SSSR count). The summed E-state index contributed by atoms with van der Waals surface area (Å²) in [5.74, 6) is 0.229. The van der Waals surface area contributed by atoms with Gasteiger partial charge >= 0.3 is 12.0 Å². The van der Waals surface area contributed by atoms with E-state index in [0.29, 0.717) is 36.8 Å². The number of rotatable bonds is 5. The van der Waals surface area contributed by atoms with E-state index in [1.54, 1.807) is 19.2 Å². The van der Waals surface area contributed by atoms with Crippen LogP contribution in [0.1, 0.15) is 11.6 Å². The third kappa shape index (κ3) is 3.97. The summed E-state index contributed by atoms with van der Waals surface area (Å²) in [7, 11) is 2.92. The lowest BCUT2D eigenvalue weighted by Crippen LogP contribution is -2.49. The Kier molecular flexibility index (Phi) is 5.75. The molecule has 8 nitrogen and oxygen atoms in total. The molecule has 1 saturated heterocycles. The first-order valence-corrected chi connectivity index (χ1v) is 8.45. The molecule has 1 aromatic carbocycles. The van der Waals surface area contributed by atoms with Crippen LogP contribution >= 0.6 is 0 Å². The highest BCUT2D eigenvalue weighted by atomic mass is 16.5. The van der Waals surface area contributed by atoms with Crippen molar-refractivity contribution < 1.29 is 23.8 Å². The maximum Gasteiger partial charge on any atom is 0.338 e. The molecule has 2 aliphatic heterocycles. The Balaban J connectivity index is 1.95. The molecule has 2 amide bonds. The second-order valence-electron chi connectivity index (χ2n) is 6.08. The molecular weight excluding hydrogens is 338 g/mol. The molecule has 0 radical (unpaired) electrons. The molecule has 26 heavy (non-hydrogen) atoms. The quantitative estimate of drug-likeness (QED) is 0.755. The normalized spacial score (nSPS) is 21.0. The maximum absolute atomic E-state index is 12.5. The molecule has 1 aromatic rings. The van der Waals surface area contributed by atoms with E-state index in [1.807, 2.05) is 12.1 Å². The predicted octanol–water partition coefficient (Wildman–Crippen LogP) is 0.808. The average molecular weight is 361 g/mol. The lowest BCUT2D eigenvalue weighted by atomic mass is 9.95. The molecule has 0 spiro atoms. The van der Waals surface area contributed by atoms with Gasteiger partial charge < -0.3 is 24.8 Å². The fourth-order valence-electron chi connectivity index (χ4n) is 3.12. The summed E-state index contributed by atoms with van der Waals surface area (Å²) in [5, 5.41) is 5.58. The minimum absolute atomic E-state index is 0.346. The first kappa shape index (κ1) is 18.2. The third-order valence-electron chi connectivity index (χ3n) is 4.49. The van der Waals surface area contributed by atoms with Crippen molar-refractivity contribution in [1.29, 1.82) is 0 Å². The van der Waals surface area contributed by atoms with Crippen molar-refractivity contribution in [3.8, 4) is 5.75 Å². The van der Waals surface area contributed by atoms with Crippen molar-refractivity contribution in [2.45, 2.75) is 6.04 Å². The van der Waals surface area contributed by atoms with E-state index in [1.165, 1.54) is 7.11 Å². The van der Waals surface area contributed by atoms with Gasteiger partial charge in [0.15, 0.2) is 0 Å². The monoisotopic (exact) mass is 361 g/mol. The van der Waals surface area contributed by atoms with Gasteiger partial charge in [0.05, 0.1) is 39.0 Å². The summed E-state index contributed by atoms with van der Waals surface area (Å²) in [4.78, 5) is 26.8. The van der Waals surface area contributed by atoms with Gasteiger partial charge in [0.1, 0.15) is 5.75 Å². The van der Waals surface area contributed by atoms with Crippen LogP contribution in [0.3, 0.4) is 0 Å². The summed E-state index contributed by atoms with van der Waals surface area (Å²) in [6.45, 7) is 3.21. The van der Waals surface area contributed by atoms with Crippen LogP contribution in [-0.2, 0) is 14.3 Å². The van der Waals surface area contributed by atoms with Crippen LogP contribution in [0.2, 0.25) is 0 Å². The SMILES string of the molecule is COC(=O)C1=C(CN2CCOCC2)NC(=O)NC1c1ccc(OC)cc1. The number of nitrogens with one attached hydrogen (secondary N) is 2. The molecule has 2 aliphatic rings. The third-order valence-corrected chi connectivity index (χ3v) is 4.49. The van der Waals surface area contributed by atoms with Crippen molar-refractivity contribution >= 4 is 12.0 Å². The highest BCUT2D eigenvalue weighted by Crippen LogP contribution is 2.29. The predicted molar refractivity (Wildman–Crippen MR) is 93.7 cm³/mol. The van der Waals surface area contributed by atoms with Gasteiger partial charge in [-0.15, -0.1) is 0 Å². The van der Waals surface area contributed by atoms with Gasteiger partial charge in [-0.05, 0) is 17.7 Å². The Hall–Kier alpha value is -2.58. The van der Waals surface area contributed by atoms with E-state index in [2.05, 4.69) is 15.5 Å². The molecule has 2 heterocycles. The zero-order chi connectivity index (χ0) is 18.5. The number of amides is 2. The molecule has 1 unspecified atom stereocenters. The van der Waals surface area contributed by atoms with Crippen molar-refractivity contribution in [2.75, 3.05) is 47.1 Å². The minimum atomic E-state index is -0.585. The van der Waals surface area contributed by atoms with E-state index in [4.69, 9.17) is 14.2 Å². The second kappa shape index (κ2) is 8.20. The van der Waals surface area contributed by atoms with Gasteiger partial charge in [0.25, 0.3) is 0 Å². The fourth-order valence-corrected chi connectivity index (χ4v) is 3.12. The second-order valence-corrected chi connectivity index (χ2v) is 6.08. The molecule has 1 atom stereocenters. The Morgan fingerprint density at radius 1 is 1.23 bits per heavy atom. The summed E-state index contributed by atoms with van der Waals surface area (Å²) in [6.07, 6.45) is 0. The Bertz CT molecular complexity index is 695. The number of hydrogen-bond acceptors (Lipinski definition) is 6. The van der Waals surface area contributed by atoms with Gasteiger partial charge in [0.2, 0.25) is 0 Å². The number of esters is 1. The number of methoxy groups -OCH3 is 2. The lowest BCUT2D eigenvalue weighted by Gasteiger charge is -2.33. The van der Waals surface area contributed by atoms with E-state index in [0.717, 1.165) is 18.7 Å². The fraction of sp³-hybridized carbons (Fsp3) is 0.444. The maximum atomic E-state index is 12.5. The summed E-state index contributed by atoms with van der Waals surface area (Å²) in [6, 6.07) is 6.30. The topological polar surface area (TPSA) is 89.1 Å². The van der Waals surface area contributed by atoms with Crippen LogP contribution in [0, 0.1) is 0 Å². The number of benzene rings is 1. The molecule has 1 fully saturated rings. The number of carbonyl (C=O) groups excluding carboxylic acids is 2. The van der Waals surface area contributed by atoms with Crippen LogP contribution in [-0.4, -0.2) is 64.0 Å². The molecule has 0 saturated carbocycles. The van der Waals surface area contributed by atoms with Gasteiger partial charge in [0, 0.05) is 25.3 Å². The summed E-state index contributed by atoms with van der Waals surface area (Å²) < 4.78 is 15.5. The van der Waals surface area contributed by atoms with Crippen molar-refractivity contribution in [1.82, 2.24) is 15.5 Å². The number of nitrogens with zero attached hydrogens (tertiary/aromatic N) is 1. The van der Waals surface area contributed by atoms with E-state index < -0.39 is 12.0 Å². The molecular formula is C18H23N3O5. The van der Waals surface area contributed by atoms with E-state index >= 15 is 0 Å². The summed E-state index contributed by atoms with van der Waals surface area (Å²) >= 11 is 0. The zero-order valence-corrected chi connectivity index (χ0v) is 14.9. The van der Waals surface area contributed by atoms with Gasteiger partial charge in [-0.25, -0.2) is 9.59 Å². The molecule has 0 aromatic heterocycles. The molecule has 0 bridgehead atoms. The van der Waals surface area contributed by atoms with Crippen molar-refractivity contribution in [3.63, 3.8) is 0 Å². The number of morpholine rings is 1. The van der Waals surface area contributed by atoms with Gasteiger partial charge in [-0.2, -0.15) is 0 Å². The molecule has 8 heteroatoms. The highest BCUT2D eigenvalue weighted by Gasteiger charge is 2.34. The van der Waals surface area contributed by atoms with Crippen LogP contribution in [0.15, 0.2) is 35.5 Å². The largest absolute Gasteiger partial charge is 0.497 e. The van der Waals surface area contributed by atoms with Crippen LogP contribution in [0.4, 0.5) is 4.79 Å². The van der Waals surface area contributed by atoms with Crippen LogP contribution < -0.4 is 15.4 Å². The molecule has 0 aliphatic carbocycles. The lowest BCUT2D eigenvalue weighted by molar-refractivity contribution is -0.136. The average Bonchev–Trinajstić information content (AvgIpc) is 2.68. The van der Waals surface area contributed by atoms with Gasteiger partial charge in [-0.1, -0.05) is 12.1 Å². The number of ether oxygens (including phenoxy) is 3. The smallest absolute Gasteiger partial charge is 0.338 e. The zero-order valence-electron chi connectivity index (χ0n) is 14.9. The molecule has 140 valence electrons. The Morgan fingerprint density at radius 2 is 1.92 bits per heavy atom. The van der Waals surface area contributed by atoms with E-state index in [-0.39, 0.29) is 6.03 Å². The van der Waals surface area contributed by atoms with E-state index in [9.17, 15) is 9.59 Å². The van der Waals surface area contributed by atoms with Crippen LogP contribution in [0.5, 0.6) is 5.75 Å². The number of carbonyl (C=O) groups is 2. The van der Waals surface area contributed by atoms with Crippen molar-refractivity contribution in [2.24, 2.45) is 0 Å². The number of hydrogen-bond donors (Lipinski definition) is 2. The first-order valence-electron chi connectivity index (χ1n) is 8.45. The van der Waals surface area contributed by atoms with Crippen LogP contribution in [0.25, 0.3) is 0 Å². The van der Waals surface area contributed by atoms with Crippen molar-refractivity contribution in [3.05, 3.63) is 41.1 Å². The minimum Gasteiger partial charge on any atom is -0.497 e. The summed E-state index contributed by atoms with van der Waals surface area (Å²) in [5.41, 5.74) is 1.74. The molecule has 2 N–H and O–H groups in total.